The van der Waals surface area contributed by atoms with Crippen LogP contribution in [0.25, 0.3) is 0 Å². The molecule has 0 bridgehead atoms. The van der Waals surface area contributed by atoms with Crippen molar-refractivity contribution in [1.82, 2.24) is 4.98 Å². The van der Waals surface area contributed by atoms with Gasteiger partial charge in [0.05, 0.1) is 6.61 Å². The maximum atomic E-state index is 9.92. The molecule has 0 aliphatic rings. The van der Waals surface area contributed by atoms with Crippen LogP contribution in [0.5, 0.6) is 0 Å². The van der Waals surface area contributed by atoms with Crippen LogP contribution in [0.4, 0.5) is 0 Å². The highest BCUT2D eigenvalue weighted by Crippen LogP contribution is 2.16. The monoisotopic (exact) mass is 181 g/mol. The molecular formula is C10H15NO2. The van der Waals surface area contributed by atoms with Gasteiger partial charge in [0.25, 0.3) is 6.47 Å². The molecule has 0 unspecified atom stereocenters. The van der Waals surface area contributed by atoms with Gasteiger partial charge < -0.3 is 9.72 Å². The fraction of sp³-hybridized carbons (Fsp3) is 0.500. The van der Waals surface area contributed by atoms with Gasteiger partial charge in [-0.3, -0.25) is 4.79 Å². The molecule has 1 rings (SSSR count). The quantitative estimate of drug-likeness (QED) is 0.567. The van der Waals surface area contributed by atoms with E-state index in [1.165, 1.54) is 16.8 Å². The fourth-order valence-corrected chi connectivity index (χ4v) is 1.38. The number of H-pyrrole nitrogens is 1. The van der Waals surface area contributed by atoms with Crippen LogP contribution in [0.3, 0.4) is 0 Å². The Morgan fingerprint density at radius 2 is 2.00 bits per heavy atom. The minimum absolute atomic E-state index is 0.448. The van der Waals surface area contributed by atoms with E-state index in [1.807, 2.05) is 6.92 Å². The normalized spacial score (nSPS) is 10.1. The maximum Gasteiger partial charge on any atom is 0.293 e. The van der Waals surface area contributed by atoms with E-state index in [2.05, 4.69) is 23.6 Å². The van der Waals surface area contributed by atoms with Crippen molar-refractivity contribution in [3.63, 3.8) is 0 Å². The molecule has 0 fully saturated rings. The first kappa shape index (κ1) is 9.84. The van der Waals surface area contributed by atoms with E-state index in [1.54, 1.807) is 0 Å². The Labute approximate surface area is 78.1 Å². The molecule has 0 saturated carbocycles. The second-order valence-electron chi connectivity index (χ2n) is 3.20. The number of carbonyl (C=O) groups excluding carboxylic acids is 1. The molecule has 0 spiro atoms. The number of hydrogen-bond donors (Lipinski definition) is 1. The molecule has 3 heteroatoms. The first-order valence-corrected chi connectivity index (χ1v) is 4.36. The minimum atomic E-state index is 0.448. The van der Waals surface area contributed by atoms with Crippen molar-refractivity contribution in [2.24, 2.45) is 0 Å². The Hall–Kier alpha value is -1.25. The highest BCUT2D eigenvalue weighted by atomic mass is 16.5. The summed E-state index contributed by atoms with van der Waals surface area (Å²) in [6, 6.07) is 0. The SMILES string of the molecule is Cc1[nH]c(CCOC=O)c(C)c1C. The van der Waals surface area contributed by atoms with Crippen molar-refractivity contribution in [1.29, 1.82) is 0 Å². The average Bonchev–Trinajstić information content (AvgIpc) is 2.34. The zero-order valence-corrected chi connectivity index (χ0v) is 8.31. The summed E-state index contributed by atoms with van der Waals surface area (Å²) in [7, 11) is 0. The van der Waals surface area contributed by atoms with Gasteiger partial charge in [-0.05, 0) is 31.9 Å². The zero-order chi connectivity index (χ0) is 9.84. The van der Waals surface area contributed by atoms with Crippen LogP contribution in [-0.4, -0.2) is 18.1 Å². The summed E-state index contributed by atoms with van der Waals surface area (Å²) in [6.45, 7) is 7.15. The number of aromatic nitrogens is 1. The molecular weight excluding hydrogens is 166 g/mol. The number of aromatic amines is 1. The predicted octanol–water partition coefficient (Wildman–Crippen LogP) is 1.66. The zero-order valence-electron chi connectivity index (χ0n) is 8.31. The third kappa shape index (κ3) is 2.11. The molecule has 0 radical (unpaired) electrons. The van der Waals surface area contributed by atoms with Crippen LogP contribution in [0.15, 0.2) is 0 Å². The van der Waals surface area contributed by atoms with Crippen LogP contribution in [0, 0.1) is 20.8 Å². The van der Waals surface area contributed by atoms with Crippen molar-refractivity contribution >= 4 is 6.47 Å². The van der Waals surface area contributed by atoms with Crippen molar-refractivity contribution in [3.05, 3.63) is 22.5 Å². The van der Waals surface area contributed by atoms with Gasteiger partial charge in [0.2, 0.25) is 0 Å². The molecule has 13 heavy (non-hydrogen) atoms. The molecule has 0 saturated heterocycles. The lowest BCUT2D eigenvalue weighted by atomic mass is 10.1. The van der Waals surface area contributed by atoms with Gasteiger partial charge in [-0.25, -0.2) is 0 Å². The second-order valence-corrected chi connectivity index (χ2v) is 3.20. The molecule has 1 aromatic rings. The largest absolute Gasteiger partial charge is 0.467 e. The first-order chi connectivity index (χ1) is 6.16. The summed E-state index contributed by atoms with van der Waals surface area (Å²) in [5, 5.41) is 0. The van der Waals surface area contributed by atoms with E-state index in [0.29, 0.717) is 13.1 Å². The second kappa shape index (κ2) is 4.12. The lowest BCUT2D eigenvalue weighted by Crippen LogP contribution is -1.98. The molecule has 1 heterocycles. The molecule has 1 aromatic heterocycles. The van der Waals surface area contributed by atoms with Crippen LogP contribution in [-0.2, 0) is 16.0 Å². The molecule has 0 amide bonds. The Balaban J connectivity index is 2.66. The van der Waals surface area contributed by atoms with E-state index in [0.717, 1.165) is 12.1 Å². The van der Waals surface area contributed by atoms with E-state index in [-0.39, 0.29) is 0 Å². The predicted molar refractivity (Wildman–Crippen MR) is 50.7 cm³/mol. The Morgan fingerprint density at radius 1 is 1.31 bits per heavy atom. The lowest BCUT2D eigenvalue weighted by molar-refractivity contribution is -0.128. The average molecular weight is 181 g/mol. The van der Waals surface area contributed by atoms with E-state index < -0.39 is 0 Å². The minimum Gasteiger partial charge on any atom is -0.467 e. The molecule has 0 aromatic carbocycles. The van der Waals surface area contributed by atoms with E-state index in [4.69, 9.17) is 0 Å². The van der Waals surface area contributed by atoms with Gasteiger partial charge in [-0.1, -0.05) is 0 Å². The molecule has 72 valence electrons. The number of hydrogen-bond acceptors (Lipinski definition) is 2. The van der Waals surface area contributed by atoms with E-state index >= 15 is 0 Å². The number of nitrogens with one attached hydrogen (secondary N) is 1. The Morgan fingerprint density at radius 3 is 2.46 bits per heavy atom. The molecule has 0 atom stereocenters. The van der Waals surface area contributed by atoms with Crippen molar-refractivity contribution in [2.75, 3.05) is 6.61 Å². The van der Waals surface area contributed by atoms with Gasteiger partial charge in [-0.2, -0.15) is 0 Å². The summed E-state index contributed by atoms with van der Waals surface area (Å²) >= 11 is 0. The topological polar surface area (TPSA) is 42.1 Å². The van der Waals surface area contributed by atoms with Crippen LogP contribution < -0.4 is 0 Å². The molecule has 1 N–H and O–H groups in total. The van der Waals surface area contributed by atoms with Gasteiger partial charge in [-0.15, -0.1) is 0 Å². The smallest absolute Gasteiger partial charge is 0.293 e. The molecule has 0 aliphatic heterocycles. The van der Waals surface area contributed by atoms with Crippen molar-refractivity contribution in [2.45, 2.75) is 27.2 Å². The summed E-state index contributed by atoms with van der Waals surface area (Å²) < 4.78 is 4.64. The fourth-order valence-electron chi connectivity index (χ4n) is 1.38. The third-order valence-corrected chi connectivity index (χ3v) is 2.45. The summed E-state index contributed by atoms with van der Waals surface area (Å²) in [6.07, 6.45) is 0.763. The number of rotatable bonds is 4. The number of carbonyl (C=O) groups is 1. The van der Waals surface area contributed by atoms with Crippen molar-refractivity contribution in [3.8, 4) is 0 Å². The van der Waals surface area contributed by atoms with Gasteiger partial charge in [0, 0.05) is 17.8 Å². The Bertz CT molecular complexity index is 302. The van der Waals surface area contributed by atoms with Crippen LogP contribution in [0.2, 0.25) is 0 Å². The lowest BCUT2D eigenvalue weighted by Gasteiger charge is -1.98. The summed E-state index contributed by atoms with van der Waals surface area (Å²) in [5.41, 5.74) is 4.92. The molecule has 3 nitrogen and oxygen atoms in total. The third-order valence-electron chi connectivity index (χ3n) is 2.45. The first-order valence-electron chi connectivity index (χ1n) is 4.36. The summed E-state index contributed by atoms with van der Waals surface area (Å²) in [5.74, 6) is 0. The summed E-state index contributed by atoms with van der Waals surface area (Å²) in [4.78, 5) is 13.2. The maximum absolute atomic E-state index is 9.92. The van der Waals surface area contributed by atoms with Gasteiger partial charge in [0.1, 0.15) is 0 Å². The van der Waals surface area contributed by atoms with Crippen molar-refractivity contribution < 1.29 is 9.53 Å². The number of ether oxygens (including phenoxy) is 1. The van der Waals surface area contributed by atoms with Crippen LogP contribution in [0.1, 0.15) is 22.5 Å². The van der Waals surface area contributed by atoms with Gasteiger partial charge in [0.15, 0.2) is 0 Å². The van der Waals surface area contributed by atoms with Gasteiger partial charge >= 0.3 is 0 Å². The van der Waals surface area contributed by atoms with E-state index in [9.17, 15) is 4.79 Å². The van der Waals surface area contributed by atoms with Crippen LogP contribution >= 0.6 is 0 Å². The standard InChI is InChI=1S/C10H15NO2/c1-7-8(2)10(11-9(7)3)4-5-13-6-12/h6,11H,4-5H2,1-3H3. The molecule has 0 aliphatic carbocycles. The Kier molecular flexibility index (Phi) is 3.12. The highest BCUT2D eigenvalue weighted by molar-refractivity contribution is 5.37. The number of aryl methyl sites for hydroxylation is 1. The highest BCUT2D eigenvalue weighted by Gasteiger charge is 2.06.